The van der Waals surface area contributed by atoms with Gasteiger partial charge in [-0.1, -0.05) is 67.8 Å². The maximum atomic E-state index is 13.3. The molecule has 4 heterocycles. The summed E-state index contributed by atoms with van der Waals surface area (Å²) in [7, 11) is 0. The van der Waals surface area contributed by atoms with Crippen LogP contribution < -0.4 is 10.9 Å². The first-order valence-electron chi connectivity index (χ1n) is 12.4. The number of aliphatic hydroxyl groups excluding tert-OH is 1. The van der Waals surface area contributed by atoms with E-state index in [9.17, 15) is 9.90 Å². The maximum absolute atomic E-state index is 13.3. The van der Waals surface area contributed by atoms with Crippen molar-refractivity contribution < 1.29 is 5.11 Å². The largest absolute Gasteiger partial charge is 0.394 e. The lowest BCUT2D eigenvalue weighted by molar-refractivity contribution is 0.260. The molecule has 0 aliphatic carbocycles. The molecule has 0 radical (unpaired) electrons. The van der Waals surface area contributed by atoms with Gasteiger partial charge in [-0.15, -0.1) is 0 Å². The van der Waals surface area contributed by atoms with Crippen molar-refractivity contribution in [3.63, 3.8) is 0 Å². The highest BCUT2D eigenvalue weighted by Crippen LogP contribution is 2.25. The predicted octanol–water partition coefficient (Wildman–Crippen LogP) is 4.51. The molecule has 7 nitrogen and oxygen atoms in total. The van der Waals surface area contributed by atoms with Crippen molar-refractivity contribution in [1.82, 2.24) is 24.3 Å². The second-order valence-corrected chi connectivity index (χ2v) is 9.02. The third-order valence-corrected chi connectivity index (χ3v) is 6.56. The number of hydrogen-bond acceptors (Lipinski definition) is 5. The summed E-state index contributed by atoms with van der Waals surface area (Å²) in [6.07, 6.45) is 14.4. The van der Waals surface area contributed by atoms with Gasteiger partial charge < -0.3 is 19.4 Å². The Morgan fingerprint density at radius 3 is 2.66 bits per heavy atom. The van der Waals surface area contributed by atoms with E-state index in [2.05, 4.69) is 23.5 Å². The summed E-state index contributed by atoms with van der Waals surface area (Å²) >= 11 is 0. The molecule has 0 fully saturated rings. The number of hydrogen-bond donors (Lipinski definition) is 2. The standard InChI is InChI=1S/C31H29N5O2/c1-3-8-23(4-2)29(21-37)33-15-22-11-12-30-34-25(20-36(30)18-22)19-35-14-13-26-27(24-9-6-5-7-10-24)16-32-17-28(26)31(35)38/h3-14,16-18,20,29,33,37H,1-2,15,19,21H2/b23-8+. The zero-order valence-corrected chi connectivity index (χ0v) is 21.0. The molecule has 0 aliphatic heterocycles. The Bertz CT molecular complexity index is 1700. The summed E-state index contributed by atoms with van der Waals surface area (Å²) in [6, 6.07) is 15.6. The summed E-state index contributed by atoms with van der Waals surface area (Å²) in [6.45, 7) is 8.39. The van der Waals surface area contributed by atoms with E-state index < -0.39 is 0 Å². The number of aromatic nitrogens is 4. The quantitative estimate of drug-likeness (QED) is 0.274. The molecule has 5 aromatic rings. The Hall–Kier alpha value is -4.59. The molecule has 0 aliphatic rings. The number of pyridine rings is 3. The minimum atomic E-state index is -0.240. The third kappa shape index (κ3) is 5.11. The minimum Gasteiger partial charge on any atom is -0.394 e. The smallest absolute Gasteiger partial charge is 0.260 e. The molecule has 0 spiro atoms. The summed E-state index contributed by atoms with van der Waals surface area (Å²) in [5.41, 5.74) is 5.34. The monoisotopic (exact) mass is 503 g/mol. The van der Waals surface area contributed by atoms with Gasteiger partial charge in [-0.2, -0.15) is 0 Å². The zero-order chi connectivity index (χ0) is 26.5. The van der Waals surface area contributed by atoms with Gasteiger partial charge in [-0.3, -0.25) is 9.78 Å². The molecule has 1 aromatic carbocycles. The van der Waals surface area contributed by atoms with Crippen LogP contribution in [0.4, 0.5) is 0 Å². The molecule has 5 rings (SSSR count). The predicted molar refractivity (Wildman–Crippen MR) is 152 cm³/mol. The second kappa shape index (κ2) is 11.2. The topological polar surface area (TPSA) is 84.4 Å². The van der Waals surface area contributed by atoms with Crippen molar-refractivity contribution in [2.24, 2.45) is 0 Å². The van der Waals surface area contributed by atoms with E-state index in [1.807, 2.05) is 77.6 Å². The van der Waals surface area contributed by atoms with Crippen LogP contribution in [0.3, 0.4) is 0 Å². The lowest BCUT2D eigenvalue weighted by Crippen LogP contribution is -2.33. The van der Waals surface area contributed by atoms with E-state index >= 15 is 0 Å². The van der Waals surface area contributed by atoms with Crippen molar-refractivity contribution in [2.45, 2.75) is 19.1 Å². The summed E-state index contributed by atoms with van der Waals surface area (Å²) in [5, 5.41) is 14.6. The van der Waals surface area contributed by atoms with Gasteiger partial charge in [-0.25, -0.2) is 4.98 Å². The number of fused-ring (bicyclic) bond motifs is 2. The molecule has 7 heteroatoms. The molecule has 0 saturated carbocycles. The Balaban J connectivity index is 1.37. The van der Waals surface area contributed by atoms with E-state index in [0.717, 1.165) is 39.0 Å². The van der Waals surface area contributed by atoms with Gasteiger partial charge in [0.15, 0.2) is 0 Å². The molecule has 1 atom stereocenters. The van der Waals surface area contributed by atoms with Crippen LogP contribution in [0.15, 0.2) is 121 Å². The van der Waals surface area contributed by atoms with E-state index in [4.69, 9.17) is 4.98 Å². The number of imidazole rings is 1. The van der Waals surface area contributed by atoms with Gasteiger partial charge in [0.05, 0.1) is 30.3 Å². The van der Waals surface area contributed by atoms with Crippen molar-refractivity contribution in [1.29, 1.82) is 0 Å². The van der Waals surface area contributed by atoms with Gasteiger partial charge in [0.25, 0.3) is 5.56 Å². The average Bonchev–Trinajstić information content (AvgIpc) is 3.36. The van der Waals surface area contributed by atoms with Crippen molar-refractivity contribution in [3.8, 4) is 11.1 Å². The van der Waals surface area contributed by atoms with Crippen molar-refractivity contribution >= 4 is 16.4 Å². The number of allylic oxidation sites excluding steroid dienone is 2. The summed E-state index contributed by atoms with van der Waals surface area (Å²) < 4.78 is 3.62. The fraction of sp³-hybridized carbons (Fsp3) is 0.129. The van der Waals surface area contributed by atoms with E-state index in [1.54, 1.807) is 29.1 Å². The number of nitrogens with one attached hydrogen (secondary N) is 1. The van der Waals surface area contributed by atoms with Gasteiger partial charge in [-0.05, 0) is 34.2 Å². The minimum absolute atomic E-state index is 0.0496. The molecular weight excluding hydrogens is 474 g/mol. The summed E-state index contributed by atoms with van der Waals surface area (Å²) in [5.74, 6) is 0. The molecular formula is C31H29N5O2. The van der Waals surface area contributed by atoms with E-state index in [-0.39, 0.29) is 18.2 Å². The second-order valence-electron chi connectivity index (χ2n) is 9.02. The maximum Gasteiger partial charge on any atom is 0.260 e. The number of benzene rings is 1. The Morgan fingerprint density at radius 2 is 1.89 bits per heavy atom. The normalized spacial score (nSPS) is 12.6. The number of aliphatic hydroxyl groups is 1. The van der Waals surface area contributed by atoms with Gasteiger partial charge in [0.2, 0.25) is 0 Å². The SMILES string of the molecule is C=C/C=C(\C=C)C(CO)NCc1ccc2nc(Cn3ccc4c(-c5ccccc5)cncc4c3=O)cn2c1. The molecule has 190 valence electrons. The Kier molecular flexibility index (Phi) is 7.40. The van der Waals surface area contributed by atoms with Crippen LogP contribution in [0.5, 0.6) is 0 Å². The molecule has 1 unspecified atom stereocenters. The zero-order valence-electron chi connectivity index (χ0n) is 21.0. The number of nitrogens with zero attached hydrogens (tertiary/aromatic N) is 4. The molecule has 0 saturated heterocycles. The number of rotatable bonds is 10. The Morgan fingerprint density at radius 1 is 1.05 bits per heavy atom. The van der Waals surface area contributed by atoms with Crippen LogP contribution in [-0.4, -0.2) is 36.7 Å². The van der Waals surface area contributed by atoms with Crippen molar-refractivity contribution in [2.75, 3.05) is 6.61 Å². The molecule has 2 N–H and O–H groups in total. The fourth-order valence-corrected chi connectivity index (χ4v) is 4.62. The van der Waals surface area contributed by atoms with Crippen LogP contribution >= 0.6 is 0 Å². The van der Waals surface area contributed by atoms with Crippen LogP contribution in [0, 0.1) is 0 Å². The summed E-state index contributed by atoms with van der Waals surface area (Å²) in [4.78, 5) is 22.4. The van der Waals surface area contributed by atoms with Crippen LogP contribution in [-0.2, 0) is 13.1 Å². The van der Waals surface area contributed by atoms with E-state index in [1.165, 1.54) is 0 Å². The highest BCUT2D eigenvalue weighted by Gasteiger charge is 2.12. The van der Waals surface area contributed by atoms with E-state index in [0.29, 0.717) is 18.5 Å². The third-order valence-electron chi connectivity index (χ3n) is 6.56. The average molecular weight is 504 g/mol. The molecule has 38 heavy (non-hydrogen) atoms. The molecule has 0 bridgehead atoms. The highest BCUT2D eigenvalue weighted by atomic mass is 16.3. The lowest BCUT2D eigenvalue weighted by atomic mass is 10.0. The van der Waals surface area contributed by atoms with Crippen molar-refractivity contribution in [3.05, 3.63) is 138 Å². The highest BCUT2D eigenvalue weighted by molar-refractivity contribution is 5.95. The van der Waals surface area contributed by atoms with Gasteiger partial charge in [0, 0.05) is 43.1 Å². The van der Waals surface area contributed by atoms with Crippen LogP contribution in [0.1, 0.15) is 11.3 Å². The first kappa shape index (κ1) is 25.1. The first-order valence-corrected chi connectivity index (χ1v) is 12.4. The van der Waals surface area contributed by atoms with Crippen LogP contribution in [0.2, 0.25) is 0 Å². The molecule has 0 amide bonds. The molecule has 4 aromatic heterocycles. The first-order chi connectivity index (χ1) is 18.6. The van der Waals surface area contributed by atoms with Crippen LogP contribution in [0.25, 0.3) is 27.5 Å². The fourth-order valence-electron chi connectivity index (χ4n) is 4.62. The lowest BCUT2D eigenvalue weighted by Gasteiger charge is -2.17. The van der Waals surface area contributed by atoms with Gasteiger partial charge in [0.1, 0.15) is 5.65 Å². The Labute approximate surface area is 220 Å². The van der Waals surface area contributed by atoms with Gasteiger partial charge >= 0.3 is 0 Å².